The molecular weight excluding hydrogens is 374 g/mol. The van der Waals surface area contributed by atoms with Gasteiger partial charge in [-0.15, -0.1) is 0 Å². The van der Waals surface area contributed by atoms with Crippen molar-refractivity contribution in [1.29, 1.82) is 0 Å². The molecular formula is C25H31N3O2. The summed E-state index contributed by atoms with van der Waals surface area (Å²) in [4.78, 5) is 27.8. The number of hydrogen-bond acceptors (Lipinski definition) is 3. The molecule has 2 amide bonds. The molecule has 1 aliphatic rings. The first kappa shape index (κ1) is 21.6. The average molecular weight is 406 g/mol. The first-order valence-electron chi connectivity index (χ1n) is 10.6. The van der Waals surface area contributed by atoms with Crippen LogP contribution in [0, 0.1) is 6.92 Å². The minimum absolute atomic E-state index is 0.169. The summed E-state index contributed by atoms with van der Waals surface area (Å²) in [6.07, 6.45) is 7.20. The van der Waals surface area contributed by atoms with E-state index >= 15 is 0 Å². The lowest BCUT2D eigenvalue weighted by atomic mass is 9.95. The number of nitrogens with zero attached hydrogens (tertiary/aromatic N) is 1. The van der Waals surface area contributed by atoms with E-state index in [0.717, 1.165) is 42.5 Å². The van der Waals surface area contributed by atoms with Crippen molar-refractivity contribution in [2.24, 2.45) is 0 Å². The maximum absolute atomic E-state index is 13.0. The second-order valence-corrected chi connectivity index (χ2v) is 8.17. The first-order chi connectivity index (χ1) is 14.4. The summed E-state index contributed by atoms with van der Waals surface area (Å²) in [5, 5.41) is 5.93. The fourth-order valence-corrected chi connectivity index (χ4v) is 3.60. The molecule has 0 bridgehead atoms. The third-order valence-corrected chi connectivity index (χ3v) is 5.47. The maximum atomic E-state index is 13.0. The van der Waals surface area contributed by atoms with Crippen LogP contribution in [0.4, 0.5) is 5.69 Å². The smallest absolute Gasteiger partial charge is 0.268 e. The van der Waals surface area contributed by atoms with Crippen LogP contribution in [0.15, 0.2) is 54.2 Å². The Bertz CT molecular complexity index is 893. The van der Waals surface area contributed by atoms with Gasteiger partial charge in [0.2, 0.25) is 0 Å². The number of amides is 2. The third kappa shape index (κ3) is 5.96. The largest absolute Gasteiger partial charge is 0.378 e. The molecule has 158 valence electrons. The fraction of sp³-hybridized carbons (Fsp3) is 0.360. The lowest BCUT2D eigenvalue weighted by Gasteiger charge is -2.23. The van der Waals surface area contributed by atoms with E-state index in [4.69, 9.17) is 0 Å². The van der Waals surface area contributed by atoms with Crippen molar-refractivity contribution in [3.05, 3.63) is 70.9 Å². The number of rotatable bonds is 6. The minimum atomic E-state index is -0.287. The quantitative estimate of drug-likeness (QED) is 0.705. The van der Waals surface area contributed by atoms with Gasteiger partial charge in [-0.25, -0.2) is 0 Å². The second kappa shape index (κ2) is 10.1. The SMILES string of the molecule is Cc1ccc(C(=O)NC(=Cc2ccc(N(C)C)cc2)C(=O)NC2CCCCC2)cc1. The third-order valence-electron chi connectivity index (χ3n) is 5.47. The summed E-state index contributed by atoms with van der Waals surface area (Å²) in [6, 6.07) is 15.4. The zero-order chi connectivity index (χ0) is 21.5. The van der Waals surface area contributed by atoms with E-state index in [1.54, 1.807) is 18.2 Å². The molecule has 0 radical (unpaired) electrons. The lowest BCUT2D eigenvalue weighted by Crippen LogP contribution is -2.41. The molecule has 0 aromatic heterocycles. The fourth-order valence-electron chi connectivity index (χ4n) is 3.60. The number of nitrogens with one attached hydrogen (secondary N) is 2. The first-order valence-corrected chi connectivity index (χ1v) is 10.6. The van der Waals surface area contributed by atoms with Gasteiger partial charge in [0.15, 0.2) is 0 Å². The van der Waals surface area contributed by atoms with Crippen LogP contribution in [0.5, 0.6) is 0 Å². The normalized spacial score (nSPS) is 14.8. The summed E-state index contributed by atoms with van der Waals surface area (Å²) in [7, 11) is 3.96. The van der Waals surface area contributed by atoms with E-state index < -0.39 is 0 Å². The number of carbonyl (C=O) groups is 2. The number of hydrogen-bond donors (Lipinski definition) is 2. The van der Waals surface area contributed by atoms with Crippen molar-refractivity contribution in [1.82, 2.24) is 10.6 Å². The van der Waals surface area contributed by atoms with E-state index in [1.807, 2.05) is 62.3 Å². The summed E-state index contributed by atoms with van der Waals surface area (Å²) in [6.45, 7) is 1.97. The van der Waals surface area contributed by atoms with Crippen molar-refractivity contribution < 1.29 is 9.59 Å². The Balaban J connectivity index is 1.81. The summed E-state index contributed by atoms with van der Waals surface area (Å²) in [5.74, 6) is -0.524. The highest BCUT2D eigenvalue weighted by molar-refractivity contribution is 6.05. The summed E-state index contributed by atoms with van der Waals surface area (Å²) >= 11 is 0. The number of aryl methyl sites for hydroxylation is 1. The van der Waals surface area contributed by atoms with Crippen LogP contribution in [0.1, 0.15) is 53.6 Å². The predicted octanol–water partition coefficient (Wildman–Crippen LogP) is 4.28. The minimum Gasteiger partial charge on any atom is -0.378 e. The highest BCUT2D eigenvalue weighted by atomic mass is 16.2. The molecule has 2 aromatic rings. The molecule has 0 heterocycles. The summed E-state index contributed by atoms with van der Waals surface area (Å²) < 4.78 is 0. The highest BCUT2D eigenvalue weighted by Crippen LogP contribution is 2.19. The molecule has 2 aromatic carbocycles. The number of benzene rings is 2. The molecule has 1 saturated carbocycles. The van der Waals surface area contributed by atoms with Crippen LogP contribution in [-0.4, -0.2) is 32.0 Å². The van der Waals surface area contributed by atoms with Crippen molar-refractivity contribution in [3.8, 4) is 0 Å². The van der Waals surface area contributed by atoms with Gasteiger partial charge in [-0.05, 0) is 55.7 Å². The van der Waals surface area contributed by atoms with Gasteiger partial charge >= 0.3 is 0 Å². The second-order valence-electron chi connectivity index (χ2n) is 8.17. The van der Waals surface area contributed by atoms with Gasteiger partial charge in [0.05, 0.1) is 0 Å². The van der Waals surface area contributed by atoms with Gasteiger partial charge < -0.3 is 15.5 Å². The van der Waals surface area contributed by atoms with Gasteiger partial charge in [0.1, 0.15) is 5.70 Å². The van der Waals surface area contributed by atoms with Gasteiger partial charge in [0, 0.05) is 31.4 Å². The molecule has 1 aliphatic carbocycles. The van der Waals surface area contributed by atoms with Crippen molar-refractivity contribution >= 4 is 23.6 Å². The van der Waals surface area contributed by atoms with Gasteiger partial charge in [0.25, 0.3) is 11.8 Å². The standard InChI is InChI=1S/C25H31N3O2/c1-18-9-13-20(14-10-18)24(29)27-23(25(30)26-21-7-5-4-6-8-21)17-19-11-15-22(16-12-19)28(2)3/h9-17,21H,4-8H2,1-3H3,(H,26,30)(H,27,29). The Labute approximate surface area is 179 Å². The number of carbonyl (C=O) groups excluding carboxylic acids is 2. The highest BCUT2D eigenvalue weighted by Gasteiger charge is 2.20. The zero-order valence-corrected chi connectivity index (χ0v) is 18.1. The van der Waals surface area contributed by atoms with Crippen LogP contribution >= 0.6 is 0 Å². The molecule has 2 N–H and O–H groups in total. The van der Waals surface area contributed by atoms with Gasteiger partial charge in [-0.2, -0.15) is 0 Å². The zero-order valence-electron chi connectivity index (χ0n) is 18.1. The van der Waals surface area contributed by atoms with Crippen molar-refractivity contribution in [2.45, 2.75) is 45.1 Å². The molecule has 0 unspecified atom stereocenters. The van der Waals surface area contributed by atoms with Crippen LogP contribution < -0.4 is 15.5 Å². The maximum Gasteiger partial charge on any atom is 0.268 e. The molecule has 0 atom stereocenters. The number of anilines is 1. The predicted molar refractivity (Wildman–Crippen MR) is 122 cm³/mol. The Morgan fingerprint density at radius 1 is 0.933 bits per heavy atom. The lowest BCUT2D eigenvalue weighted by molar-refractivity contribution is -0.118. The van der Waals surface area contributed by atoms with Crippen LogP contribution in [0.25, 0.3) is 6.08 Å². The molecule has 3 rings (SSSR count). The van der Waals surface area contributed by atoms with E-state index in [1.165, 1.54) is 6.42 Å². The van der Waals surface area contributed by atoms with Crippen LogP contribution in [0.2, 0.25) is 0 Å². The Kier molecular flexibility index (Phi) is 7.28. The van der Waals surface area contributed by atoms with Crippen molar-refractivity contribution in [2.75, 3.05) is 19.0 Å². The molecule has 5 heteroatoms. The molecule has 5 nitrogen and oxygen atoms in total. The van der Waals surface area contributed by atoms with E-state index in [0.29, 0.717) is 5.56 Å². The van der Waals surface area contributed by atoms with Crippen LogP contribution in [-0.2, 0) is 4.79 Å². The monoisotopic (exact) mass is 405 g/mol. The average Bonchev–Trinajstić information content (AvgIpc) is 2.74. The van der Waals surface area contributed by atoms with Crippen molar-refractivity contribution in [3.63, 3.8) is 0 Å². The molecule has 0 aliphatic heterocycles. The van der Waals surface area contributed by atoms with E-state index in [9.17, 15) is 9.59 Å². The molecule has 30 heavy (non-hydrogen) atoms. The molecule has 0 spiro atoms. The van der Waals surface area contributed by atoms with E-state index in [-0.39, 0.29) is 23.6 Å². The topological polar surface area (TPSA) is 61.4 Å². The van der Waals surface area contributed by atoms with Crippen LogP contribution in [0.3, 0.4) is 0 Å². The Morgan fingerprint density at radius 2 is 1.57 bits per heavy atom. The van der Waals surface area contributed by atoms with Gasteiger partial charge in [-0.3, -0.25) is 9.59 Å². The molecule has 0 saturated heterocycles. The Morgan fingerprint density at radius 3 is 2.17 bits per heavy atom. The summed E-state index contributed by atoms with van der Waals surface area (Å²) in [5.41, 5.74) is 3.81. The Hall–Kier alpha value is -3.08. The van der Waals surface area contributed by atoms with Gasteiger partial charge in [-0.1, -0.05) is 49.1 Å². The van der Waals surface area contributed by atoms with E-state index in [2.05, 4.69) is 10.6 Å². The molecule has 1 fully saturated rings.